The molecule has 4 fully saturated rings. The van der Waals surface area contributed by atoms with Crippen LogP contribution in [0.25, 0.3) is 10.9 Å². The Bertz CT molecular complexity index is 2410. The summed E-state index contributed by atoms with van der Waals surface area (Å²) in [6.45, 7) is 12.7. The number of alkyl carbamates (subject to hydrolysis) is 1. The van der Waals surface area contributed by atoms with Crippen LogP contribution in [0.2, 0.25) is 0 Å². The van der Waals surface area contributed by atoms with E-state index in [1.807, 2.05) is 19.9 Å². The lowest BCUT2D eigenvalue weighted by Crippen LogP contribution is -2.58. The van der Waals surface area contributed by atoms with Crippen molar-refractivity contribution in [2.24, 2.45) is 5.92 Å². The molecule has 1 aromatic heterocycles. The first-order valence-corrected chi connectivity index (χ1v) is 26.0. The zero-order valence-electron chi connectivity index (χ0n) is 39.0. The lowest BCUT2D eigenvalue weighted by Gasteiger charge is -2.37. The number of rotatable bonds is 9. The molecule has 15 nitrogen and oxygen atoms in total. The third-order valence-corrected chi connectivity index (χ3v) is 18.1. The van der Waals surface area contributed by atoms with E-state index in [1.54, 1.807) is 25.1 Å². The minimum atomic E-state index is -4.95. The number of likely N-dealkylation sites (tertiary alicyclic amines) is 1. The number of pyridine rings is 1. The largest absolute Gasteiger partial charge is 0.490 e. The van der Waals surface area contributed by atoms with Crippen LogP contribution in [0.5, 0.6) is 11.5 Å². The van der Waals surface area contributed by atoms with Gasteiger partial charge in [0.2, 0.25) is 21.8 Å². The lowest BCUT2D eigenvalue weighted by atomic mass is 9.87. The normalized spacial score (nSPS) is 29.1. The second-order valence-corrected chi connectivity index (χ2v) is 23.7. The fourth-order valence-electron chi connectivity index (χ4n) is 9.57. The smallest absolute Gasteiger partial charge is 0.437 e. The van der Waals surface area contributed by atoms with Crippen molar-refractivity contribution in [1.82, 2.24) is 30.1 Å². The molecule has 0 bridgehead atoms. The number of sulfonamides is 1. The van der Waals surface area contributed by atoms with Gasteiger partial charge in [0, 0.05) is 36.5 Å². The van der Waals surface area contributed by atoms with Crippen molar-refractivity contribution in [2.45, 2.75) is 176 Å². The van der Waals surface area contributed by atoms with Gasteiger partial charge in [-0.2, -0.15) is 13.2 Å². The fraction of sp³-hybridized carbons (Fsp3) is 0.681. The van der Waals surface area contributed by atoms with Gasteiger partial charge in [-0.3, -0.25) is 14.4 Å². The number of alkyl halides is 3. The average Bonchev–Trinajstić information content (AvgIpc) is 4.16. The summed E-state index contributed by atoms with van der Waals surface area (Å²) in [7, 11) is -4.12. The van der Waals surface area contributed by atoms with Crippen molar-refractivity contribution in [2.75, 3.05) is 19.6 Å². The summed E-state index contributed by atoms with van der Waals surface area (Å²) in [6.07, 6.45) is 2.10. The molecule has 6 heterocycles. The van der Waals surface area contributed by atoms with Crippen LogP contribution in [0.1, 0.15) is 123 Å². The van der Waals surface area contributed by atoms with Gasteiger partial charge in [-0.25, -0.2) is 22.9 Å². The number of allylic oxidation sites excluding steroid dienone is 1. The Kier molecular flexibility index (Phi) is 13.6. The molecule has 20 heteroatoms. The molecule has 1 aromatic carbocycles. The Morgan fingerprint density at radius 2 is 1.76 bits per heavy atom. The van der Waals surface area contributed by atoms with Crippen molar-refractivity contribution in [1.29, 1.82) is 0 Å². The SMILES string of the molecule is CC(C)C(C)OC(=O)N[C@H]1CCCCC/C=C\[C@@H]2S[C@@]2(C(=O)NS(=O)(=O)C2(C)CC2)NC(=O)C2C[C@]3(CCc4c(c(C(F)(F)F)nc5ccc(OC6CCN(C(C)C)CC6)cc45)O3)CN2C1=O. The summed E-state index contributed by atoms with van der Waals surface area (Å²) in [4.78, 5) is 63.0. The monoisotopic (exact) mass is 976 g/mol. The number of carbonyl (C=O) groups is 4. The first kappa shape index (κ1) is 49.1. The van der Waals surface area contributed by atoms with Gasteiger partial charge in [0.1, 0.15) is 35.6 Å². The van der Waals surface area contributed by atoms with Gasteiger partial charge in [0.05, 0.1) is 22.1 Å². The first-order valence-electron chi connectivity index (χ1n) is 23.7. The highest BCUT2D eigenvalue weighted by Crippen LogP contribution is 2.54. The van der Waals surface area contributed by atoms with Gasteiger partial charge in [0.15, 0.2) is 16.3 Å². The Labute approximate surface area is 394 Å². The van der Waals surface area contributed by atoms with E-state index in [1.165, 1.54) is 17.9 Å². The van der Waals surface area contributed by atoms with E-state index in [2.05, 4.69) is 39.1 Å². The Hall–Kier alpha value is -4.30. The highest BCUT2D eigenvalue weighted by molar-refractivity contribution is 8.10. The molecular formula is C47H63F3N6O9S2. The quantitative estimate of drug-likeness (QED) is 0.178. The molecule has 3 N–H and O–H groups in total. The van der Waals surface area contributed by atoms with E-state index in [0.717, 1.165) is 37.7 Å². The van der Waals surface area contributed by atoms with Crippen LogP contribution in [-0.4, -0.2) is 117 Å². The van der Waals surface area contributed by atoms with E-state index in [9.17, 15) is 27.6 Å². The number of piperidine rings is 1. The summed E-state index contributed by atoms with van der Waals surface area (Å²) in [5.74, 6) is -2.47. The molecule has 1 aliphatic carbocycles. The highest BCUT2D eigenvalue weighted by atomic mass is 32.2. The van der Waals surface area contributed by atoms with Crippen molar-refractivity contribution < 1.29 is 55.0 Å². The van der Waals surface area contributed by atoms with Crippen molar-refractivity contribution in [3.05, 3.63) is 41.6 Å². The number of aryl methyl sites for hydroxylation is 1. The Morgan fingerprint density at radius 3 is 2.43 bits per heavy atom. The average molecular weight is 977 g/mol. The molecule has 2 aromatic rings. The summed E-state index contributed by atoms with van der Waals surface area (Å²) in [5.41, 5.74) is -2.40. The molecule has 1 saturated carbocycles. The zero-order chi connectivity index (χ0) is 48.3. The maximum atomic E-state index is 15.1. The molecule has 6 aliphatic rings. The van der Waals surface area contributed by atoms with Crippen LogP contribution >= 0.6 is 11.8 Å². The Morgan fingerprint density at radius 1 is 1.03 bits per heavy atom. The standard InChI is InChI=1S/C47H63F3N6O9S2/c1-27(2)29(5)63-43(60)52-35-12-10-8-7-9-11-13-37-46(66-37,42(59)54-67(61,62)44(6)20-21-44)53-40(57)36-25-45(26-56(36)41(35)58)19-16-32-33-24-31(64-30-17-22-55(23-18-30)28(3)4)14-15-34(33)51-39(38(32)65-45)47(48,49)50/h11,13-15,24,27-30,35-37H,7-10,12,16-23,25-26H2,1-6H3,(H,52,60)(H,53,57)(H,54,59)/b13-11-/t29?,35-,36?,37-,45+,46-/m0/s1. The highest BCUT2D eigenvalue weighted by Gasteiger charge is 2.65. The number of carbonyl (C=O) groups excluding carboxylic acids is 4. The number of ether oxygens (including phenoxy) is 3. The number of nitrogens with one attached hydrogen (secondary N) is 3. The minimum absolute atomic E-state index is 0.0312. The lowest BCUT2D eigenvalue weighted by molar-refractivity contribution is -0.144. The van der Waals surface area contributed by atoms with Gasteiger partial charge in [-0.1, -0.05) is 38.8 Å². The molecule has 0 radical (unpaired) electrons. The van der Waals surface area contributed by atoms with E-state index >= 15 is 13.2 Å². The molecule has 3 saturated heterocycles. The van der Waals surface area contributed by atoms with Crippen LogP contribution in [0, 0.1) is 5.92 Å². The number of hydrogen-bond donors (Lipinski definition) is 3. The third kappa shape index (κ3) is 10.2. The van der Waals surface area contributed by atoms with Crippen LogP contribution < -0.4 is 24.8 Å². The van der Waals surface area contributed by atoms with Crippen molar-refractivity contribution >= 4 is 56.5 Å². The maximum absolute atomic E-state index is 15.1. The summed E-state index contributed by atoms with van der Waals surface area (Å²) >= 11 is 1.04. The number of fused-ring (bicyclic) bond motifs is 5. The van der Waals surface area contributed by atoms with Crippen molar-refractivity contribution in [3.63, 3.8) is 0 Å². The van der Waals surface area contributed by atoms with Gasteiger partial charge in [-0.15, -0.1) is 11.8 Å². The first-order chi connectivity index (χ1) is 31.5. The summed E-state index contributed by atoms with van der Waals surface area (Å²) in [5, 5.41) is 5.29. The van der Waals surface area contributed by atoms with Gasteiger partial charge >= 0.3 is 12.3 Å². The molecule has 1 spiro atoms. The van der Waals surface area contributed by atoms with Crippen LogP contribution in [0.3, 0.4) is 0 Å². The second kappa shape index (κ2) is 18.6. The molecule has 6 atom stereocenters. The van der Waals surface area contributed by atoms with E-state index in [-0.39, 0.29) is 55.3 Å². The number of amides is 4. The minimum Gasteiger partial charge on any atom is -0.490 e. The Balaban J connectivity index is 1.13. The number of nitrogens with zero attached hydrogens (tertiary/aromatic N) is 3. The fourth-order valence-corrected chi connectivity index (χ4v) is 12.0. The van der Waals surface area contributed by atoms with Crippen LogP contribution in [0.4, 0.5) is 18.0 Å². The van der Waals surface area contributed by atoms with Gasteiger partial charge in [-0.05, 0) is 110 Å². The predicted octanol–water partition coefficient (Wildman–Crippen LogP) is 6.76. The molecule has 368 valence electrons. The molecule has 67 heavy (non-hydrogen) atoms. The van der Waals surface area contributed by atoms with E-state index in [0.29, 0.717) is 55.7 Å². The number of benzene rings is 1. The molecule has 8 rings (SSSR count). The van der Waals surface area contributed by atoms with Crippen LogP contribution in [-0.2, 0) is 41.7 Å². The third-order valence-electron chi connectivity index (χ3n) is 14.6. The topological polar surface area (TPSA) is 186 Å². The van der Waals surface area contributed by atoms with Gasteiger partial charge < -0.3 is 34.6 Å². The van der Waals surface area contributed by atoms with Crippen molar-refractivity contribution in [3.8, 4) is 11.5 Å². The number of halogens is 3. The number of hydrogen-bond acceptors (Lipinski definition) is 12. The number of thioether (sulfide) groups is 1. The zero-order valence-corrected chi connectivity index (χ0v) is 40.6. The molecule has 4 amide bonds. The molecular weight excluding hydrogens is 914 g/mol. The van der Waals surface area contributed by atoms with Crippen LogP contribution in [0.15, 0.2) is 30.4 Å². The predicted molar refractivity (Wildman–Crippen MR) is 246 cm³/mol. The molecule has 2 unspecified atom stereocenters. The van der Waals surface area contributed by atoms with E-state index in [4.69, 9.17) is 14.2 Å². The number of aromatic nitrogens is 1. The molecule has 5 aliphatic heterocycles. The summed E-state index contributed by atoms with van der Waals surface area (Å²) < 4.78 is 91.4. The van der Waals surface area contributed by atoms with E-state index < -0.39 is 90.1 Å². The van der Waals surface area contributed by atoms with Gasteiger partial charge in [0.25, 0.3) is 5.91 Å². The second-order valence-electron chi connectivity index (χ2n) is 20.1. The maximum Gasteiger partial charge on any atom is 0.437 e. The summed E-state index contributed by atoms with van der Waals surface area (Å²) in [6, 6.07) is 2.66.